The highest BCUT2D eigenvalue weighted by Gasteiger charge is 2.24. The topological polar surface area (TPSA) is 76.7 Å². The van der Waals surface area contributed by atoms with Gasteiger partial charge in [-0.2, -0.15) is 0 Å². The molecule has 1 aromatic rings. The van der Waals surface area contributed by atoms with Crippen molar-refractivity contribution in [3.05, 3.63) is 18.2 Å². The summed E-state index contributed by atoms with van der Waals surface area (Å²) in [6.07, 6.45) is 5.31. The van der Waals surface area contributed by atoms with Crippen LogP contribution in [-0.4, -0.2) is 24.6 Å². The van der Waals surface area contributed by atoms with Crippen LogP contribution >= 0.6 is 0 Å². The zero-order valence-corrected chi connectivity index (χ0v) is 13.3. The van der Waals surface area contributed by atoms with Crippen LogP contribution in [0, 0.1) is 5.92 Å². The summed E-state index contributed by atoms with van der Waals surface area (Å²) in [6, 6.07) is 5.15. The van der Waals surface area contributed by atoms with Crippen LogP contribution in [0.5, 0.6) is 11.5 Å². The standard InChI is InChI=1S/C17H22N2O4/c1-2-11-3-5-12(6-4-11)18-16(20)17(21)19-13-7-8-14-15(9-13)23-10-22-14/h7-9,11-12H,2-6,10H2,1H3,(H,18,20)(H,19,21). The molecular formula is C17H22N2O4. The first kappa shape index (κ1) is 15.6. The summed E-state index contributed by atoms with van der Waals surface area (Å²) in [4.78, 5) is 24.0. The molecule has 2 N–H and O–H groups in total. The third-order valence-electron chi connectivity index (χ3n) is 4.60. The number of hydrogen-bond donors (Lipinski definition) is 2. The van der Waals surface area contributed by atoms with Gasteiger partial charge < -0.3 is 20.1 Å². The lowest BCUT2D eigenvalue weighted by Gasteiger charge is -2.28. The van der Waals surface area contributed by atoms with E-state index < -0.39 is 11.8 Å². The van der Waals surface area contributed by atoms with Gasteiger partial charge in [0.1, 0.15) is 0 Å². The van der Waals surface area contributed by atoms with Crippen LogP contribution in [0.15, 0.2) is 18.2 Å². The first-order valence-electron chi connectivity index (χ1n) is 8.17. The number of amides is 2. The molecule has 6 nitrogen and oxygen atoms in total. The van der Waals surface area contributed by atoms with Crippen molar-refractivity contribution in [2.24, 2.45) is 5.92 Å². The van der Waals surface area contributed by atoms with Crippen molar-refractivity contribution in [1.82, 2.24) is 5.32 Å². The van der Waals surface area contributed by atoms with E-state index in [1.54, 1.807) is 18.2 Å². The minimum absolute atomic E-state index is 0.104. The van der Waals surface area contributed by atoms with Crippen LogP contribution < -0.4 is 20.1 Å². The minimum Gasteiger partial charge on any atom is -0.454 e. The molecule has 2 amide bonds. The number of carbonyl (C=O) groups is 2. The Morgan fingerprint density at radius 3 is 2.57 bits per heavy atom. The fourth-order valence-electron chi connectivity index (χ4n) is 3.13. The molecule has 1 heterocycles. The molecule has 1 saturated carbocycles. The Morgan fingerprint density at radius 2 is 1.83 bits per heavy atom. The Hall–Kier alpha value is -2.24. The second-order valence-electron chi connectivity index (χ2n) is 6.12. The first-order chi connectivity index (χ1) is 11.2. The molecule has 0 unspecified atom stereocenters. The molecule has 1 fully saturated rings. The lowest BCUT2D eigenvalue weighted by molar-refractivity contribution is -0.136. The predicted octanol–water partition coefficient (Wildman–Crippen LogP) is 2.44. The van der Waals surface area contributed by atoms with Crippen LogP contribution in [0.4, 0.5) is 5.69 Å². The smallest absolute Gasteiger partial charge is 0.313 e. The maximum atomic E-state index is 12.0. The van der Waals surface area contributed by atoms with E-state index in [0.29, 0.717) is 17.2 Å². The molecule has 23 heavy (non-hydrogen) atoms. The number of anilines is 1. The first-order valence-corrected chi connectivity index (χ1v) is 8.17. The van der Waals surface area contributed by atoms with E-state index in [-0.39, 0.29) is 12.8 Å². The number of nitrogens with one attached hydrogen (secondary N) is 2. The zero-order chi connectivity index (χ0) is 16.2. The third-order valence-corrected chi connectivity index (χ3v) is 4.60. The molecular weight excluding hydrogens is 296 g/mol. The van der Waals surface area contributed by atoms with Crippen LogP contribution in [0.2, 0.25) is 0 Å². The van der Waals surface area contributed by atoms with Crippen LogP contribution in [0.1, 0.15) is 39.0 Å². The Labute approximate surface area is 135 Å². The van der Waals surface area contributed by atoms with E-state index in [1.807, 2.05) is 0 Å². The maximum absolute atomic E-state index is 12.0. The molecule has 6 heteroatoms. The summed E-state index contributed by atoms with van der Waals surface area (Å²) < 4.78 is 10.5. The Bertz CT molecular complexity index is 594. The Kier molecular flexibility index (Phi) is 4.69. The number of ether oxygens (including phenoxy) is 2. The fraction of sp³-hybridized carbons (Fsp3) is 0.529. The van der Waals surface area contributed by atoms with Crippen molar-refractivity contribution in [2.45, 2.75) is 45.1 Å². The maximum Gasteiger partial charge on any atom is 0.313 e. The molecule has 1 aliphatic heterocycles. The van der Waals surface area contributed by atoms with Crippen molar-refractivity contribution < 1.29 is 19.1 Å². The predicted molar refractivity (Wildman–Crippen MR) is 85.4 cm³/mol. The highest BCUT2D eigenvalue weighted by molar-refractivity contribution is 6.39. The lowest BCUT2D eigenvalue weighted by Crippen LogP contribution is -2.43. The molecule has 0 spiro atoms. The molecule has 0 saturated heterocycles. The van der Waals surface area contributed by atoms with Gasteiger partial charge in [0.05, 0.1) is 0 Å². The van der Waals surface area contributed by atoms with E-state index in [0.717, 1.165) is 31.6 Å². The fourth-order valence-corrected chi connectivity index (χ4v) is 3.13. The Morgan fingerprint density at radius 1 is 1.09 bits per heavy atom. The number of hydrogen-bond acceptors (Lipinski definition) is 4. The van der Waals surface area contributed by atoms with Gasteiger partial charge in [-0.05, 0) is 43.7 Å². The van der Waals surface area contributed by atoms with Crippen LogP contribution in [0.25, 0.3) is 0 Å². The van der Waals surface area contributed by atoms with E-state index >= 15 is 0 Å². The van der Waals surface area contributed by atoms with Gasteiger partial charge in [-0.3, -0.25) is 9.59 Å². The molecule has 0 radical (unpaired) electrons. The van der Waals surface area contributed by atoms with Crippen molar-refractivity contribution >= 4 is 17.5 Å². The zero-order valence-electron chi connectivity index (χ0n) is 13.3. The van der Waals surface area contributed by atoms with Gasteiger partial charge in [-0.25, -0.2) is 0 Å². The average Bonchev–Trinajstić information content (AvgIpc) is 3.03. The highest BCUT2D eigenvalue weighted by atomic mass is 16.7. The summed E-state index contributed by atoms with van der Waals surface area (Å²) in [5.74, 6) is 0.732. The molecule has 124 valence electrons. The summed E-state index contributed by atoms with van der Waals surface area (Å²) in [6.45, 7) is 2.37. The summed E-state index contributed by atoms with van der Waals surface area (Å²) in [5.41, 5.74) is 0.518. The summed E-state index contributed by atoms with van der Waals surface area (Å²) >= 11 is 0. The SMILES string of the molecule is CCC1CCC(NC(=O)C(=O)Nc2ccc3c(c2)OCO3)CC1. The summed E-state index contributed by atoms with van der Waals surface area (Å²) in [5, 5.41) is 5.42. The van der Waals surface area contributed by atoms with Gasteiger partial charge in [0.2, 0.25) is 6.79 Å². The van der Waals surface area contributed by atoms with Gasteiger partial charge in [0.25, 0.3) is 0 Å². The van der Waals surface area contributed by atoms with Crippen LogP contribution in [-0.2, 0) is 9.59 Å². The lowest BCUT2D eigenvalue weighted by atomic mass is 9.84. The number of fused-ring (bicyclic) bond motifs is 1. The van der Waals surface area contributed by atoms with Crippen molar-refractivity contribution in [3.63, 3.8) is 0 Å². The monoisotopic (exact) mass is 318 g/mol. The van der Waals surface area contributed by atoms with Crippen molar-refractivity contribution in [2.75, 3.05) is 12.1 Å². The minimum atomic E-state index is -0.651. The molecule has 2 aliphatic rings. The van der Waals surface area contributed by atoms with Gasteiger partial charge in [0.15, 0.2) is 11.5 Å². The quantitative estimate of drug-likeness (QED) is 0.839. The van der Waals surface area contributed by atoms with E-state index in [9.17, 15) is 9.59 Å². The second kappa shape index (κ2) is 6.89. The third kappa shape index (κ3) is 3.75. The van der Waals surface area contributed by atoms with Crippen molar-refractivity contribution in [1.29, 1.82) is 0 Å². The van der Waals surface area contributed by atoms with Gasteiger partial charge in [0, 0.05) is 17.8 Å². The Balaban J connectivity index is 1.51. The molecule has 0 atom stereocenters. The largest absolute Gasteiger partial charge is 0.454 e. The molecule has 1 aliphatic carbocycles. The van der Waals surface area contributed by atoms with Gasteiger partial charge in [-0.15, -0.1) is 0 Å². The van der Waals surface area contributed by atoms with E-state index in [4.69, 9.17) is 9.47 Å². The normalized spacial score (nSPS) is 22.5. The number of rotatable bonds is 3. The molecule has 0 aromatic heterocycles. The van der Waals surface area contributed by atoms with Gasteiger partial charge in [-0.1, -0.05) is 13.3 Å². The number of benzene rings is 1. The van der Waals surface area contributed by atoms with Crippen molar-refractivity contribution in [3.8, 4) is 11.5 Å². The molecule has 1 aromatic carbocycles. The van der Waals surface area contributed by atoms with E-state index in [1.165, 1.54) is 6.42 Å². The molecule has 3 rings (SSSR count). The number of carbonyl (C=O) groups excluding carboxylic acids is 2. The average molecular weight is 318 g/mol. The highest BCUT2D eigenvalue weighted by Crippen LogP contribution is 2.34. The van der Waals surface area contributed by atoms with Gasteiger partial charge >= 0.3 is 11.8 Å². The second-order valence-corrected chi connectivity index (χ2v) is 6.12. The molecule has 0 bridgehead atoms. The van der Waals surface area contributed by atoms with E-state index in [2.05, 4.69) is 17.6 Å². The van der Waals surface area contributed by atoms with Crippen LogP contribution in [0.3, 0.4) is 0 Å². The summed E-state index contributed by atoms with van der Waals surface area (Å²) in [7, 11) is 0.